The van der Waals surface area contributed by atoms with E-state index in [9.17, 15) is 0 Å². The summed E-state index contributed by atoms with van der Waals surface area (Å²) < 4.78 is 0. The Balaban J connectivity index is 2.18. The van der Waals surface area contributed by atoms with Gasteiger partial charge < -0.3 is 0 Å². The Bertz CT molecular complexity index is 144. The number of hydrogen-bond acceptors (Lipinski definition) is 0. The van der Waals surface area contributed by atoms with E-state index in [1.165, 1.54) is 0 Å². The Morgan fingerprint density at radius 3 is 2.80 bits per heavy atom. The molecule has 0 spiro atoms. The van der Waals surface area contributed by atoms with Crippen molar-refractivity contribution < 1.29 is 0 Å². The lowest BCUT2D eigenvalue weighted by atomic mass is 10.0. The normalized spacial score (nSPS) is 53.4. The molecule has 1 unspecified atom stereocenters. The summed E-state index contributed by atoms with van der Waals surface area (Å²) in [7, 11) is -0.361. The first-order chi connectivity index (χ1) is 4.71. The summed E-state index contributed by atoms with van der Waals surface area (Å²) in [5.74, 6) is 1.15. The van der Waals surface area contributed by atoms with Crippen molar-refractivity contribution in [3.05, 3.63) is 0 Å². The molecule has 10 heavy (non-hydrogen) atoms. The second-order valence-electron chi connectivity index (χ2n) is 4.48. The Kier molecular flexibility index (Phi) is 1.57. The molecule has 0 aliphatic carbocycles. The molecule has 2 heterocycles. The van der Waals surface area contributed by atoms with Gasteiger partial charge in [-0.1, -0.05) is 0 Å². The van der Waals surface area contributed by atoms with Crippen LogP contribution in [-0.4, -0.2) is 24.6 Å². The molecule has 58 valence electrons. The van der Waals surface area contributed by atoms with Crippen LogP contribution in [0.15, 0.2) is 0 Å². The quantitative estimate of drug-likeness (QED) is 0.474. The molecule has 0 aromatic carbocycles. The Hall–Kier alpha value is 0.430. The van der Waals surface area contributed by atoms with Crippen molar-refractivity contribution in [2.45, 2.75) is 31.8 Å². The maximum atomic E-state index is 2.61. The maximum absolute atomic E-state index is 2.61. The average Bonchev–Trinajstić information content (AvgIpc) is 2.04. The van der Waals surface area contributed by atoms with Crippen LogP contribution in [0.2, 0.25) is 0 Å². The highest BCUT2D eigenvalue weighted by molar-refractivity contribution is 7.76. The van der Waals surface area contributed by atoms with Crippen molar-refractivity contribution >= 4 is 7.26 Å². The molecule has 2 aliphatic heterocycles. The molecular weight excluding hydrogens is 139 g/mol. The molecule has 2 rings (SSSR count). The molecule has 0 aromatic rings. The Morgan fingerprint density at radius 1 is 1.40 bits per heavy atom. The molecule has 0 N–H and O–H groups in total. The lowest BCUT2D eigenvalue weighted by molar-refractivity contribution is 0.515. The largest absolute Gasteiger partial charge is 0.0671 e. The molecule has 1 heteroatoms. The number of fused-ring (bicyclic) bond motifs is 2. The molecule has 0 amide bonds. The van der Waals surface area contributed by atoms with Crippen LogP contribution in [0.4, 0.5) is 0 Å². The summed E-state index contributed by atoms with van der Waals surface area (Å²) >= 11 is 0. The van der Waals surface area contributed by atoms with Gasteiger partial charge in [-0.2, -0.15) is 0 Å². The fraction of sp³-hybridized carbons (Fsp3) is 1.00. The highest BCUT2D eigenvalue weighted by Crippen LogP contribution is 2.70. The molecule has 2 fully saturated rings. The standard InChI is InChI=1S/C9H18P/c1-8-6-9-4-3-5-10(8,2)7-9/h8-9H,3-7H2,1-2H3/q+1/t8-,9+,10?/m0/s1. The lowest BCUT2D eigenvalue weighted by Crippen LogP contribution is -2.11. The summed E-state index contributed by atoms with van der Waals surface area (Å²) in [5, 5.41) is 0. The third-order valence-electron chi connectivity index (χ3n) is 3.70. The van der Waals surface area contributed by atoms with Crippen LogP contribution in [0.1, 0.15) is 26.2 Å². The van der Waals surface area contributed by atoms with Gasteiger partial charge in [0.2, 0.25) is 0 Å². The van der Waals surface area contributed by atoms with Gasteiger partial charge >= 0.3 is 0 Å². The minimum Gasteiger partial charge on any atom is -0.0434 e. The molecule has 2 saturated heterocycles. The van der Waals surface area contributed by atoms with Gasteiger partial charge in [0.05, 0.1) is 18.0 Å². The first-order valence-corrected chi connectivity index (χ1v) is 7.22. The molecule has 0 radical (unpaired) electrons. The maximum Gasteiger partial charge on any atom is 0.0671 e. The van der Waals surface area contributed by atoms with Crippen molar-refractivity contribution in [1.82, 2.24) is 0 Å². The van der Waals surface area contributed by atoms with Crippen molar-refractivity contribution in [3.63, 3.8) is 0 Å². The van der Waals surface area contributed by atoms with Crippen LogP contribution in [0.25, 0.3) is 0 Å². The van der Waals surface area contributed by atoms with Crippen molar-refractivity contribution in [3.8, 4) is 0 Å². The monoisotopic (exact) mass is 157 g/mol. The van der Waals surface area contributed by atoms with Gasteiger partial charge in [0.15, 0.2) is 0 Å². The third kappa shape index (κ3) is 0.925. The number of hydrogen-bond donors (Lipinski definition) is 0. The van der Waals surface area contributed by atoms with E-state index in [1.807, 2.05) is 0 Å². The SMILES string of the molecule is C[C@H]1C[C@H]2CCC[P+]1(C)C2. The van der Waals surface area contributed by atoms with E-state index >= 15 is 0 Å². The van der Waals surface area contributed by atoms with E-state index in [4.69, 9.17) is 0 Å². The zero-order chi connectivity index (χ0) is 7.19. The highest BCUT2D eigenvalue weighted by atomic mass is 31.2. The molecular formula is C9H18P+. The fourth-order valence-electron chi connectivity index (χ4n) is 2.84. The van der Waals surface area contributed by atoms with Crippen LogP contribution < -0.4 is 0 Å². The Morgan fingerprint density at radius 2 is 2.20 bits per heavy atom. The topological polar surface area (TPSA) is 0 Å². The van der Waals surface area contributed by atoms with E-state index in [-0.39, 0.29) is 7.26 Å². The van der Waals surface area contributed by atoms with Crippen LogP contribution in [-0.2, 0) is 0 Å². The second-order valence-corrected chi connectivity index (χ2v) is 9.13. The van der Waals surface area contributed by atoms with Gasteiger partial charge in [0.25, 0.3) is 0 Å². The first-order valence-electron chi connectivity index (χ1n) is 4.55. The molecule has 0 nitrogen and oxygen atoms in total. The smallest absolute Gasteiger partial charge is 0.0434 e. The molecule has 2 bridgehead atoms. The van der Waals surface area contributed by atoms with Gasteiger partial charge in [-0.25, -0.2) is 0 Å². The van der Waals surface area contributed by atoms with Gasteiger partial charge in [0, 0.05) is 13.9 Å². The Labute approximate surface area is 64.7 Å². The highest BCUT2D eigenvalue weighted by Gasteiger charge is 2.49. The van der Waals surface area contributed by atoms with Crippen LogP contribution >= 0.6 is 7.26 Å². The van der Waals surface area contributed by atoms with Crippen LogP contribution in [0.3, 0.4) is 0 Å². The van der Waals surface area contributed by atoms with Crippen molar-refractivity contribution in [1.29, 1.82) is 0 Å². The van der Waals surface area contributed by atoms with Gasteiger partial charge in [-0.3, -0.25) is 0 Å². The summed E-state index contributed by atoms with van der Waals surface area (Å²) in [6.45, 7) is 5.11. The zero-order valence-corrected chi connectivity index (χ0v) is 8.03. The van der Waals surface area contributed by atoms with Crippen LogP contribution in [0, 0.1) is 5.92 Å². The third-order valence-corrected chi connectivity index (χ3v) is 8.72. The first kappa shape index (κ1) is 7.10. The molecule has 0 saturated carbocycles. The minimum absolute atomic E-state index is 0.361. The summed E-state index contributed by atoms with van der Waals surface area (Å²) in [6.07, 6.45) is 7.95. The number of rotatable bonds is 0. The van der Waals surface area contributed by atoms with Gasteiger partial charge in [0.1, 0.15) is 0 Å². The van der Waals surface area contributed by atoms with E-state index < -0.39 is 0 Å². The fourth-order valence-corrected chi connectivity index (χ4v) is 7.05. The van der Waals surface area contributed by atoms with Crippen LogP contribution in [0.5, 0.6) is 0 Å². The van der Waals surface area contributed by atoms with E-state index in [2.05, 4.69) is 13.6 Å². The molecule has 0 aromatic heterocycles. The molecule has 3 atom stereocenters. The predicted molar refractivity (Wildman–Crippen MR) is 49.4 cm³/mol. The second kappa shape index (κ2) is 2.21. The average molecular weight is 157 g/mol. The zero-order valence-electron chi connectivity index (χ0n) is 7.14. The summed E-state index contributed by atoms with van der Waals surface area (Å²) in [5.41, 5.74) is 1.12. The van der Waals surface area contributed by atoms with Gasteiger partial charge in [-0.05, 0) is 32.1 Å². The van der Waals surface area contributed by atoms with Gasteiger partial charge in [-0.15, -0.1) is 0 Å². The predicted octanol–water partition coefficient (Wildman–Crippen LogP) is 2.84. The van der Waals surface area contributed by atoms with E-state index in [0.29, 0.717) is 0 Å². The summed E-state index contributed by atoms with van der Waals surface area (Å²) in [4.78, 5) is 0. The lowest BCUT2D eigenvalue weighted by Gasteiger charge is -2.25. The minimum atomic E-state index is -0.361. The molecule has 2 aliphatic rings. The van der Waals surface area contributed by atoms with E-state index in [1.54, 1.807) is 31.6 Å². The summed E-state index contributed by atoms with van der Waals surface area (Å²) in [6, 6.07) is 0. The van der Waals surface area contributed by atoms with E-state index in [0.717, 1.165) is 11.6 Å². The van der Waals surface area contributed by atoms with Crippen molar-refractivity contribution in [2.75, 3.05) is 19.0 Å². The van der Waals surface area contributed by atoms with Crippen molar-refractivity contribution in [2.24, 2.45) is 5.92 Å².